The summed E-state index contributed by atoms with van der Waals surface area (Å²) in [6.07, 6.45) is 0. The van der Waals surface area contributed by atoms with E-state index in [2.05, 4.69) is 10.9 Å². The molecule has 25 heavy (non-hydrogen) atoms. The number of anilines is 1. The topological polar surface area (TPSA) is 88.6 Å². The molecule has 0 unspecified atom stereocenters. The molecule has 1 aliphatic heterocycles. The summed E-state index contributed by atoms with van der Waals surface area (Å²) >= 11 is 13.4. The second-order valence-electron chi connectivity index (χ2n) is 5.23. The van der Waals surface area contributed by atoms with Gasteiger partial charge >= 0.3 is 5.97 Å². The van der Waals surface area contributed by atoms with Gasteiger partial charge in [-0.25, -0.2) is 4.79 Å². The van der Waals surface area contributed by atoms with Gasteiger partial charge in [-0.05, 0) is 12.1 Å². The maximum atomic E-state index is 12.2. The first-order valence-corrected chi connectivity index (χ1v) is 8.90. The third-order valence-electron chi connectivity index (χ3n) is 3.79. The Kier molecular flexibility index (Phi) is 5.47. The highest BCUT2D eigenvalue weighted by molar-refractivity contribution is 7.18. The van der Waals surface area contributed by atoms with Gasteiger partial charge in [-0.15, -0.1) is 11.3 Å². The van der Waals surface area contributed by atoms with E-state index < -0.39 is 5.97 Å². The molecule has 1 aromatic carbocycles. The minimum Gasteiger partial charge on any atom is -0.378 e. The molecule has 1 aliphatic rings. The van der Waals surface area contributed by atoms with Crippen molar-refractivity contribution in [2.75, 3.05) is 31.2 Å². The van der Waals surface area contributed by atoms with Crippen LogP contribution < -0.4 is 10.8 Å². The number of morpholine rings is 1. The predicted octanol–water partition coefficient (Wildman–Crippen LogP) is 3.46. The third-order valence-corrected chi connectivity index (χ3v) is 5.57. The molecule has 0 amide bonds. The van der Waals surface area contributed by atoms with E-state index in [4.69, 9.17) is 33.8 Å². The molecule has 0 atom stereocenters. The Hall–Kier alpha value is -1.82. The maximum absolute atomic E-state index is 12.2. The van der Waals surface area contributed by atoms with Crippen LogP contribution in [0.3, 0.4) is 0 Å². The first-order chi connectivity index (χ1) is 12.1. The Labute approximate surface area is 158 Å². The monoisotopic (exact) mass is 397 g/mol. The van der Waals surface area contributed by atoms with Gasteiger partial charge in [0.2, 0.25) is 0 Å². The molecular weight excluding hydrogens is 385 g/mol. The van der Waals surface area contributed by atoms with Gasteiger partial charge in [-0.2, -0.15) is 11.2 Å². The number of nitrogens with zero attached hydrogens (tertiary/aromatic N) is 2. The van der Waals surface area contributed by atoms with Gasteiger partial charge < -0.3 is 14.5 Å². The van der Waals surface area contributed by atoms with E-state index in [1.54, 1.807) is 18.2 Å². The number of halogens is 2. The van der Waals surface area contributed by atoms with Crippen LogP contribution in [0.4, 0.5) is 5.00 Å². The number of thiophene rings is 1. The van der Waals surface area contributed by atoms with Gasteiger partial charge in [-0.1, -0.05) is 29.3 Å². The quantitative estimate of drug-likeness (QED) is 0.797. The van der Waals surface area contributed by atoms with Crippen LogP contribution in [0, 0.1) is 11.3 Å². The number of carbonyl (C=O) groups is 1. The molecule has 9 heteroatoms. The number of hydrogen-bond donors (Lipinski definition) is 1. The van der Waals surface area contributed by atoms with E-state index >= 15 is 0 Å². The molecular formula is C16H13Cl2N3O3S. The zero-order valence-corrected chi connectivity index (χ0v) is 15.2. The molecule has 0 aliphatic carbocycles. The zero-order chi connectivity index (χ0) is 18.0. The van der Waals surface area contributed by atoms with Gasteiger partial charge in [-0.3, -0.25) is 0 Å². The summed E-state index contributed by atoms with van der Waals surface area (Å²) in [4.78, 5) is 18.8. The first kappa shape index (κ1) is 18.0. The molecule has 1 fully saturated rings. The molecule has 0 radical (unpaired) electrons. The number of nitriles is 1. The van der Waals surface area contributed by atoms with Crippen molar-refractivity contribution in [3.63, 3.8) is 0 Å². The van der Waals surface area contributed by atoms with Crippen LogP contribution in [-0.2, 0) is 9.57 Å². The van der Waals surface area contributed by atoms with E-state index in [-0.39, 0.29) is 4.88 Å². The highest BCUT2D eigenvalue weighted by Crippen LogP contribution is 2.44. The van der Waals surface area contributed by atoms with E-state index in [0.29, 0.717) is 58.0 Å². The minimum absolute atomic E-state index is 0.227. The smallest absolute Gasteiger partial charge is 0.367 e. The average molecular weight is 398 g/mol. The van der Waals surface area contributed by atoms with Gasteiger partial charge in [0.05, 0.1) is 18.8 Å². The summed E-state index contributed by atoms with van der Waals surface area (Å²) in [6, 6.07) is 7.06. The highest BCUT2D eigenvalue weighted by atomic mass is 35.5. The van der Waals surface area contributed by atoms with E-state index in [1.807, 2.05) is 4.90 Å². The van der Waals surface area contributed by atoms with Gasteiger partial charge in [0.15, 0.2) is 0 Å². The molecule has 130 valence electrons. The van der Waals surface area contributed by atoms with Crippen LogP contribution in [0.15, 0.2) is 18.2 Å². The van der Waals surface area contributed by atoms with Gasteiger partial charge in [0.1, 0.15) is 15.9 Å². The largest absolute Gasteiger partial charge is 0.378 e. The molecule has 0 saturated carbocycles. The standard InChI is InChI=1S/C16H13Cl2N3O3S/c17-9-1-2-10(12(18)7-9)13-11(8-19)15(21-3-5-23-6-4-21)25-14(13)16(22)24-20/h1-2,7H,3-6,20H2. The SMILES string of the molecule is N#Cc1c(N2CCOCC2)sc(C(=O)ON)c1-c1ccc(Cl)cc1Cl. The van der Waals surface area contributed by atoms with Crippen molar-refractivity contribution in [3.8, 4) is 17.2 Å². The summed E-state index contributed by atoms with van der Waals surface area (Å²) < 4.78 is 5.35. The summed E-state index contributed by atoms with van der Waals surface area (Å²) in [6.45, 7) is 2.35. The van der Waals surface area contributed by atoms with Crippen LogP contribution in [0.2, 0.25) is 10.0 Å². The number of carbonyl (C=O) groups excluding carboxylic acids is 1. The molecule has 6 nitrogen and oxygen atoms in total. The Morgan fingerprint density at radius 2 is 2.08 bits per heavy atom. The summed E-state index contributed by atoms with van der Waals surface area (Å²) in [5.41, 5.74) is 1.29. The number of hydrogen-bond acceptors (Lipinski definition) is 7. The lowest BCUT2D eigenvalue weighted by Gasteiger charge is -2.27. The Morgan fingerprint density at radius 3 is 2.68 bits per heavy atom. The molecule has 0 spiro atoms. The van der Waals surface area contributed by atoms with Crippen molar-refractivity contribution < 1.29 is 14.4 Å². The predicted molar refractivity (Wildman–Crippen MR) is 97.1 cm³/mol. The fraction of sp³-hybridized carbons (Fsp3) is 0.250. The molecule has 0 bridgehead atoms. The normalized spacial score (nSPS) is 14.2. The maximum Gasteiger partial charge on any atom is 0.367 e. The van der Waals surface area contributed by atoms with E-state index in [9.17, 15) is 10.1 Å². The highest BCUT2D eigenvalue weighted by Gasteiger charge is 2.29. The van der Waals surface area contributed by atoms with Crippen molar-refractivity contribution in [3.05, 3.63) is 38.7 Å². The number of nitrogens with two attached hydrogens (primary N) is 1. The molecule has 2 aromatic rings. The second-order valence-corrected chi connectivity index (χ2v) is 7.07. The van der Waals surface area contributed by atoms with Crippen LogP contribution in [-0.4, -0.2) is 32.3 Å². The van der Waals surface area contributed by atoms with Crippen molar-refractivity contribution in [1.82, 2.24) is 0 Å². The first-order valence-electron chi connectivity index (χ1n) is 7.33. The van der Waals surface area contributed by atoms with Crippen LogP contribution >= 0.6 is 34.5 Å². The molecule has 1 aromatic heterocycles. The van der Waals surface area contributed by atoms with Crippen molar-refractivity contribution in [1.29, 1.82) is 5.26 Å². The van der Waals surface area contributed by atoms with Crippen LogP contribution in [0.1, 0.15) is 15.2 Å². The lowest BCUT2D eigenvalue weighted by Crippen LogP contribution is -2.36. The Morgan fingerprint density at radius 1 is 1.36 bits per heavy atom. The lowest BCUT2D eigenvalue weighted by molar-refractivity contribution is 0.0510. The Bertz CT molecular complexity index is 857. The number of benzene rings is 1. The zero-order valence-electron chi connectivity index (χ0n) is 12.9. The van der Waals surface area contributed by atoms with Gasteiger partial charge in [0.25, 0.3) is 0 Å². The van der Waals surface area contributed by atoms with Gasteiger partial charge in [0, 0.05) is 34.3 Å². The number of ether oxygens (including phenoxy) is 1. The third kappa shape index (κ3) is 3.45. The van der Waals surface area contributed by atoms with E-state index in [0.717, 1.165) is 11.3 Å². The Balaban J connectivity index is 2.22. The van der Waals surface area contributed by atoms with Crippen LogP contribution in [0.25, 0.3) is 11.1 Å². The molecule has 2 N–H and O–H groups in total. The fourth-order valence-electron chi connectivity index (χ4n) is 2.66. The van der Waals surface area contributed by atoms with Crippen molar-refractivity contribution in [2.24, 2.45) is 5.90 Å². The van der Waals surface area contributed by atoms with Crippen molar-refractivity contribution in [2.45, 2.75) is 0 Å². The summed E-state index contributed by atoms with van der Waals surface area (Å²) in [5, 5.41) is 11.2. The molecule has 3 rings (SSSR count). The minimum atomic E-state index is -0.720. The fourth-order valence-corrected chi connectivity index (χ4v) is 4.36. The van der Waals surface area contributed by atoms with Crippen molar-refractivity contribution >= 4 is 45.5 Å². The number of rotatable bonds is 3. The van der Waals surface area contributed by atoms with E-state index in [1.165, 1.54) is 0 Å². The summed E-state index contributed by atoms with van der Waals surface area (Å²) in [7, 11) is 0. The molecule has 2 heterocycles. The average Bonchev–Trinajstić information content (AvgIpc) is 3.01. The van der Waals surface area contributed by atoms with Crippen LogP contribution in [0.5, 0.6) is 0 Å². The molecule has 1 saturated heterocycles. The second kappa shape index (κ2) is 7.60. The lowest BCUT2D eigenvalue weighted by atomic mass is 10.0. The summed E-state index contributed by atoms with van der Waals surface area (Å²) in [5.74, 6) is 4.36.